The number of anilines is 2. The standard InChI is InChI=1S/C25H25ClN4O2/c26-20-10-6-18(7-11-20)17-28-25(32)29-21-12-8-19(9-13-21)16-27-23-14-15-30(24(23)31)22-4-2-1-3-5-22/h1-13,23,27H,14-17H2,(H2,28,29,32)/t23-/m0/s1. The molecule has 1 heterocycles. The van der Waals surface area contributed by atoms with Gasteiger partial charge in [-0.3, -0.25) is 4.79 Å². The van der Waals surface area contributed by atoms with E-state index in [1.54, 1.807) is 12.1 Å². The Kier molecular flexibility index (Phi) is 7.04. The summed E-state index contributed by atoms with van der Waals surface area (Å²) in [7, 11) is 0. The summed E-state index contributed by atoms with van der Waals surface area (Å²) in [5.74, 6) is 0.104. The average molecular weight is 449 g/mol. The number of carbonyl (C=O) groups is 2. The van der Waals surface area contributed by atoms with E-state index in [0.29, 0.717) is 30.3 Å². The number of amides is 3. The van der Waals surface area contributed by atoms with Crippen LogP contribution in [0.2, 0.25) is 5.02 Å². The van der Waals surface area contributed by atoms with Crippen LogP contribution < -0.4 is 20.9 Å². The minimum Gasteiger partial charge on any atom is -0.334 e. The summed E-state index contributed by atoms with van der Waals surface area (Å²) in [6.07, 6.45) is 0.779. The van der Waals surface area contributed by atoms with Crippen molar-refractivity contribution in [2.24, 2.45) is 0 Å². The lowest BCUT2D eigenvalue weighted by atomic mass is 10.2. The Labute approximate surface area is 192 Å². The first-order chi connectivity index (χ1) is 15.6. The summed E-state index contributed by atoms with van der Waals surface area (Å²) in [6, 6.07) is 24.2. The second-order valence-corrected chi connectivity index (χ2v) is 8.12. The molecule has 0 aromatic heterocycles. The second-order valence-electron chi connectivity index (χ2n) is 7.68. The van der Waals surface area contributed by atoms with Gasteiger partial charge in [0.1, 0.15) is 0 Å². The van der Waals surface area contributed by atoms with E-state index in [4.69, 9.17) is 11.6 Å². The van der Waals surface area contributed by atoms with Crippen LogP contribution >= 0.6 is 11.6 Å². The van der Waals surface area contributed by atoms with Crippen LogP contribution in [0.1, 0.15) is 17.5 Å². The Hall–Kier alpha value is -3.35. The van der Waals surface area contributed by atoms with Crippen molar-refractivity contribution < 1.29 is 9.59 Å². The number of carbonyl (C=O) groups excluding carboxylic acids is 2. The molecule has 4 rings (SSSR count). The van der Waals surface area contributed by atoms with E-state index < -0.39 is 0 Å². The Balaban J connectivity index is 1.23. The maximum atomic E-state index is 12.7. The Morgan fingerprint density at radius 3 is 2.28 bits per heavy atom. The average Bonchev–Trinajstić information content (AvgIpc) is 3.19. The number of benzene rings is 3. The number of para-hydroxylation sites is 1. The molecule has 3 aromatic rings. The van der Waals surface area contributed by atoms with Crippen molar-refractivity contribution in [3.8, 4) is 0 Å². The highest BCUT2D eigenvalue weighted by atomic mass is 35.5. The zero-order valence-corrected chi connectivity index (χ0v) is 18.3. The molecule has 1 fully saturated rings. The van der Waals surface area contributed by atoms with Crippen molar-refractivity contribution in [1.29, 1.82) is 0 Å². The fraction of sp³-hybridized carbons (Fsp3) is 0.200. The smallest absolute Gasteiger partial charge is 0.319 e. The minimum atomic E-state index is -0.275. The number of urea groups is 1. The fourth-order valence-electron chi connectivity index (χ4n) is 3.64. The Bertz CT molecular complexity index is 1060. The summed E-state index contributed by atoms with van der Waals surface area (Å²) in [5.41, 5.74) is 3.66. The van der Waals surface area contributed by atoms with Crippen molar-refractivity contribution in [2.45, 2.75) is 25.6 Å². The molecule has 1 atom stereocenters. The predicted molar refractivity (Wildman–Crippen MR) is 128 cm³/mol. The molecule has 1 aliphatic rings. The Morgan fingerprint density at radius 2 is 1.56 bits per heavy atom. The molecule has 0 spiro atoms. The van der Waals surface area contributed by atoms with E-state index in [1.165, 1.54) is 0 Å². The largest absolute Gasteiger partial charge is 0.334 e. The van der Waals surface area contributed by atoms with E-state index in [9.17, 15) is 9.59 Å². The molecule has 0 bridgehead atoms. The van der Waals surface area contributed by atoms with Crippen LogP contribution in [0.25, 0.3) is 0 Å². The van der Waals surface area contributed by atoms with Gasteiger partial charge in [0.2, 0.25) is 5.91 Å². The van der Waals surface area contributed by atoms with Crippen LogP contribution in [0, 0.1) is 0 Å². The summed E-state index contributed by atoms with van der Waals surface area (Å²) in [6.45, 7) is 1.72. The summed E-state index contributed by atoms with van der Waals surface area (Å²) < 4.78 is 0. The normalized spacial score (nSPS) is 15.6. The minimum absolute atomic E-state index is 0.104. The quantitative estimate of drug-likeness (QED) is 0.496. The zero-order chi connectivity index (χ0) is 22.3. The van der Waals surface area contributed by atoms with Gasteiger partial charge in [0.05, 0.1) is 6.04 Å². The van der Waals surface area contributed by atoms with E-state index in [0.717, 1.165) is 23.2 Å². The lowest BCUT2D eigenvalue weighted by Crippen LogP contribution is -2.37. The van der Waals surface area contributed by atoms with Gasteiger partial charge < -0.3 is 20.9 Å². The number of hydrogen-bond acceptors (Lipinski definition) is 3. The summed E-state index contributed by atoms with van der Waals surface area (Å²) in [5, 5.41) is 9.66. The van der Waals surface area contributed by atoms with Crippen LogP contribution in [0.5, 0.6) is 0 Å². The molecular weight excluding hydrogens is 424 g/mol. The van der Waals surface area contributed by atoms with Crippen LogP contribution in [0.4, 0.5) is 16.2 Å². The number of nitrogens with zero attached hydrogens (tertiary/aromatic N) is 1. The third kappa shape index (κ3) is 5.66. The number of rotatable bonds is 7. The van der Waals surface area contributed by atoms with Gasteiger partial charge in [-0.1, -0.05) is 54.1 Å². The van der Waals surface area contributed by atoms with Crippen LogP contribution in [0.15, 0.2) is 78.9 Å². The first-order valence-corrected chi connectivity index (χ1v) is 10.9. The van der Waals surface area contributed by atoms with Gasteiger partial charge in [0, 0.05) is 36.0 Å². The van der Waals surface area contributed by atoms with Crippen molar-refractivity contribution >= 4 is 34.9 Å². The van der Waals surface area contributed by atoms with Crippen LogP contribution in [-0.4, -0.2) is 24.5 Å². The van der Waals surface area contributed by atoms with Gasteiger partial charge in [-0.05, 0) is 53.9 Å². The third-order valence-corrected chi connectivity index (χ3v) is 5.66. The van der Waals surface area contributed by atoms with Gasteiger partial charge in [-0.15, -0.1) is 0 Å². The van der Waals surface area contributed by atoms with Crippen molar-refractivity contribution in [1.82, 2.24) is 10.6 Å². The first-order valence-electron chi connectivity index (χ1n) is 10.6. The predicted octanol–water partition coefficient (Wildman–Crippen LogP) is 4.56. The molecular formula is C25H25ClN4O2. The highest BCUT2D eigenvalue weighted by molar-refractivity contribution is 6.30. The SMILES string of the molecule is O=C(NCc1ccc(Cl)cc1)Nc1ccc(CN[C@H]2CCN(c3ccccc3)C2=O)cc1. The molecule has 32 heavy (non-hydrogen) atoms. The lowest BCUT2D eigenvalue weighted by Gasteiger charge is -2.17. The molecule has 7 heteroatoms. The van der Waals surface area contributed by atoms with Crippen LogP contribution in [0.3, 0.4) is 0 Å². The second kappa shape index (κ2) is 10.3. The number of hydrogen-bond donors (Lipinski definition) is 3. The molecule has 3 N–H and O–H groups in total. The van der Waals surface area contributed by atoms with Gasteiger partial charge in [0.15, 0.2) is 0 Å². The van der Waals surface area contributed by atoms with Crippen molar-refractivity contribution in [3.05, 3.63) is 95.0 Å². The fourth-order valence-corrected chi connectivity index (χ4v) is 3.77. The van der Waals surface area contributed by atoms with E-state index in [-0.39, 0.29) is 18.0 Å². The maximum absolute atomic E-state index is 12.7. The molecule has 0 aliphatic carbocycles. The number of nitrogens with one attached hydrogen (secondary N) is 3. The molecule has 3 aromatic carbocycles. The number of halogens is 1. The van der Waals surface area contributed by atoms with Gasteiger partial charge in [-0.25, -0.2) is 4.79 Å². The zero-order valence-electron chi connectivity index (χ0n) is 17.6. The molecule has 0 unspecified atom stereocenters. The summed E-state index contributed by atoms with van der Waals surface area (Å²) in [4.78, 5) is 26.6. The van der Waals surface area contributed by atoms with E-state index in [1.807, 2.05) is 71.6 Å². The topological polar surface area (TPSA) is 73.5 Å². The maximum Gasteiger partial charge on any atom is 0.319 e. The van der Waals surface area contributed by atoms with Gasteiger partial charge >= 0.3 is 6.03 Å². The highest BCUT2D eigenvalue weighted by Crippen LogP contribution is 2.21. The highest BCUT2D eigenvalue weighted by Gasteiger charge is 2.31. The Morgan fingerprint density at radius 1 is 0.906 bits per heavy atom. The van der Waals surface area contributed by atoms with E-state index in [2.05, 4.69) is 16.0 Å². The third-order valence-electron chi connectivity index (χ3n) is 5.40. The van der Waals surface area contributed by atoms with Crippen molar-refractivity contribution in [2.75, 3.05) is 16.8 Å². The van der Waals surface area contributed by atoms with Gasteiger partial charge in [-0.2, -0.15) is 0 Å². The molecule has 164 valence electrons. The van der Waals surface area contributed by atoms with E-state index >= 15 is 0 Å². The first kappa shape index (κ1) is 21.9. The van der Waals surface area contributed by atoms with Crippen molar-refractivity contribution in [3.63, 3.8) is 0 Å². The molecule has 1 aliphatic heterocycles. The monoisotopic (exact) mass is 448 g/mol. The van der Waals surface area contributed by atoms with Crippen LogP contribution in [-0.2, 0) is 17.9 Å². The molecule has 6 nitrogen and oxygen atoms in total. The molecule has 0 radical (unpaired) electrons. The van der Waals surface area contributed by atoms with Gasteiger partial charge in [0.25, 0.3) is 0 Å². The summed E-state index contributed by atoms with van der Waals surface area (Å²) >= 11 is 5.87. The molecule has 0 saturated carbocycles. The molecule has 3 amide bonds. The lowest BCUT2D eigenvalue weighted by molar-refractivity contribution is -0.118. The molecule has 1 saturated heterocycles.